The Kier molecular flexibility index (Phi) is 4.11. The van der Waals surface area contributed by atoms with E-state index in [0.29, 0.717) is 18.2 Å². The molecule has 1 aliphatic heterocycles. The van der Waals surface area contributed by atoms with Gasteiger partial charge in [0.15, 0.2) is 0 Å². The molecular formula is C18H23N3O2. The fourth-order valence-electron chi connectivity index (χ4n) is 2.84. The van der Waals surface area contributed by atoms with Gasteiger partial charge in [-0.25, -0.2) is 0 Å². The molecule has 1 atom stereocenters. The molecule has 0 saturated heterocycles. The van der Waals surface area contributed by atoms with Gasteiger partial charge in [-0.05, 0) is 36.1 Å². The number of carbonyl (C=O) groups is 1. The van der Waals surface area contributed by atoms with Gasteiger partial charge in [-0.3, -0.25) is 9.48 Å². The maximum atomic E-state index is 12.4. The number of aromatic nitrogens is 2. The van der Waals surface area contributed by atoms with Crippen molar-refractivity contribution in [3.05, 3.63) is 46.8 Å². The highest BCUT2D eigenvalue weighted by Crippen LogP contribution is 2.29. The summed E-state index contributed by atoms with van der Waals surface area (Å²) < 4.78 is 7.34. The maximum Gasteiger partial charge on any atom is 0.269 e. The van der Waals surface area contributed by atoms with E-state index in [4.69, 9.17) is 4.74 Å². The second kappa shape index (κ2) is 6.07. The summed E-state index contributed by atoms with van der Waals surface area (Å²) in [5.74, 6) is 1.17. The van der Waals surface area contributed by atoms with Crippen molar-refractivity contribution in [1.29, 1.82) is 0 Å². The van der Waals surface area contributed by atoms with Gasteiger partial charge in [0.25, 0.3) is 5.91 Å². The minimum atomic E-state index is -0.1000. The Morgan fingerprint density at radius 3 is 2.91 bits per heavy atom. The van der Waals surface area contributed by atoms with E-state index in [1.165, 1.54) is 5.56 Å². The summed E-state index contributed by atoms with van der Waals surface area (Å²) in [7, 11) is 1.80. The third-order valence-corrected chi connectivity index (χ3v) is 4.14. The normalized spacial score (nSPS) is 16.3. The molecule has 0 aliphatic carbocycles. The zero-order valence-corrected chi connectivity index (χ0v) is 14.1. The molecule has 1 amide bonds. The van der Waals surface area contributed by atoms with Gasteiger partial charge in [0, 0.05) is 20.0 Å². The van der Waals surface area contributed by atoms with Crippen molar-refractivity contribution in [2.24, 2.45) is 7.05 Å². The van der Waals surface area contributed by atoms with Crippen molar-refractivity contribution < 1.29 is 9.53 Å². The van der Waals surface area contributed by atoms with Crippen molar-refractivity contribution >= 4 is 5.91 Å². The van der Waals surface area contributed by atoms with Crippen LogP contribution in [0, 0.1) is 0 Å². The third kappa shape index (κ3) is 3.23. The number of fused-ring (bicyclic) bond motifs is 1. The zero-order chi connectivity index (χ0) is 16.6. The van der Waals surface area contributed by atoms with Crippen LogP contribution in [0.5, 0.6) is 5.75 Å². The molecule has 0 spiro atoms. The molecule has 3 rings (SSSR count). The zero-order valence-electron chi connectivity index (χ0n) is 14.1. The van der Waals surface area contributed by atoms with E-state index < -0.39 is 0 Å². The fraction of sp³-hybridized carbons (Fsp3) is 0.444. The van der Waals surface area contributed by atoms with Crippen molar-refractivity contribution in [1.82, 2.24) is 15.1 Å². The average Bonchev–Trinajstić information content (AvgIpc) is 3.06. The summed E-state index contributed by atoms with van der Waals surface area (Å²) in [4.78, 5) is 12.4. The molecule has 122 valence electrons. The van der Waals surface area contributed by atoms with Crippen LogP contribution in [0.25, 0.3) is 0 Å². The SMILES string of the molecule is CC(C)c1cc(C(=O)NCc2ccc3c(c2)C[C@H](C)O3)n(C)n1. The van der Waals surface area contributed by atoms with E-state index in [-0.39, 0.29) is 12.0 Å². The highest BCUT2D eigenvalue weighted by molar-refractivity contribution is 5.92. The number of hydrogen-bond acceptors (Lipinski definition) is 3. The Balaban J connectivity index is 1.67. The summed E-state index contributed by atoms with van der Waals surface area (Å²) in [6.45, 7) is 6.70. The highest BCUT2D eigenvalue weighted by Gasteiger charge is 2.19. The van der Waals surface area contributed by atoms with Gasteiger partial charge in [-0.1, -0.05) is 26.0 Å². The first-order valence-corrected chi connectivity index (χ1v) is 8.04. The van der Waals surface area contributed by atoms with Crippen LogP contribution in [0.2, 0.25) is 0 Å². The molecule has 2 aromatic rings. The topological polar surface area (TPSA) is 56.1 Å². The summed E-state index contributed by atoms with van der Waals surface area (Å²) >= 11 is 0. The Labute approximate surface area is 136 Å². The molecule has 0 saturated carbocycles. The molecule has 1 aromatic carbocycles. The Bertz CT molecular complexity index is 734. The predicted octanol–water partition coefficient (Wildman–Crippen LogP) is 2.80. The van der Waals surface area contributed by atoms with Gasteiger partial charge in [-0.15, -0.1) is 0 Å². The number of amides is 1. The Hall–Kier alpha value is -2.30. The first kappa shape index (κ1) is 15.6. The van der Waals surface area contributed by atoms with Crippen molar-refractivity contribution in [2.75, 3.05) is 0 Å². The first-order chi connectivity index (χ1) is 10.9. The van der Waals surface area contributed by atoms with Crippen molar-refractivity contribution in [3.63, 3.8) is 0 Å². The van der Waals surface area contributed by atoms with E-state index in [2.05, 4.69) is 37.3 Å². The smallest absolute Gasteiger partial charge is 0.269 e. The van der Waals surface area contributed by atoms with Gasteiger partial charge in [0.1, 0.15) is 17.5 Å². The molecule has 0 radical (unpaired) electrons. The van der Waals surface area contributed by atoms with E-state index in [9.17, 15) is 4.79 Å². The molecule has 5 nitrogen and oxygen atoms in total. The standard InChI is InChI=1S/C18H23N3O2/c1-11(2)15-9-16(21(4)20-15)18(22)19-10-13-5-6-17-14(8-13)7-12(3)23-17/h5-6,8-9,11-12H,7,10H2,1-4H3,(H,19,22)/t12-/m0/s1. The number of benzene rings is 1. The number of nitrogens with zero attached hydrogens (tertiary/aromatic N) is 2. The molecular weight excluding hydrogens is 290 g/mol. The summed E-state index contributed by atoms with van der Waals surface area (Å²) in [5, 5.41) is 7.35. The van der Waals surface area contributed by atoms with Gasteiger partial charge < -0.3 is 10.1 Å². The second-order valence-corrected chi connectivity index (χ2v) is 6.49. The molecule has 1 N–H and O–H groups in total. The third-order valence-electron chi connectivity index (χ3n) is 4.14. The van der Waals surface area contributed by atoms with E-state index in [1.807, 2.05) is 18.2 Å². The quantitative estimate of drug-likeness (QED) is 0.944. The van der Waals surface area contributed by atoms with Crippen LogP contribution < -0.4 is 10.1 Å². The van der Waals surface area contributed by atoms with Gasteiger partial charge in [0.2, 0.25) is 0 Å². The van der Waals surface area contributed by atoms with Crippen molar-refractivity contribution in [2.45, 2.75) is 45.8 Å². The van der Waals surface area contributed by atoms with Crippen LogP contribution in [0.1, 0.15) is 54.0 Å². The van der Waals surface area contributed by atoms with Gasteiger partial charge in [-0.2, -0.15) is 5.10 Å². The fourth-order valence-corrected chi connectivity index (χ4v) is 2.84. The van der Waals surface area contributed by atoms with E-state index in [0.717, 1.165) is 23.4 Å². The molecule has 23 heavy (non-hydrogen) atoms. The van der Waals surface area contributed by atoms with Crippen molar-refractivity contribution in [3.8, 4) is 5.75 Å². The monoisotopic (exact) mass is 313 g/mol. The van der Waals surface area contributed by atoms with Crippen LogP contribution in [0.3, 0.4) is 0 Å². The minimum absolute atomic E-state index is 0.1000. The largest absolute Gasteiger partial charge is 0.490 e. The Morgan fingerprint density at radius 1 is 1.43 bits per heavy atom. The maximum absolute atomic E-state index is 12.4. The van der Waals surface area contributed by atoms with Crippen LogP contribution in [0.15, 0.2) is 24.3 Å². The summed E-state index contributed by atoms with van der Waals surface area (Å²) in [5.41, 5.74) is 3.82. The summed E-state index contributed by atoms with van der Waals surface area (Å²) in [6.07, 6.45) is 1.16. The first-order valence-electron chi connectivity index (χ1n) is 8.04. The average molecular weight is 313 g/mol. The molecule has 0 fully saturated rings. The van der Waals surface area contributed by atoms with Crippen LogP contribution >= 0.6 is 0 Å². The minimum Gasteiger partial charge on any atom is -0.490 e. The predicted molar refractivity (Wildman–Crippen MR) is 88.7 cm³/mol. The lowest BCUT2D eigenvalue weighted by Gasteiger charge is -2.07. The number of carbonyl (C=O) groups excluding carboxylic acids is 1. The molecule has 5 heteroatoms. The van der Waals surface area contributed by atoms with E-state index >= 15 is 0 Å². The van der Waals surface area contributed by atoms with Gasteiger partial charge in [0.05, 0.1) is 5.69 Å². The number of nitrogens with one attached hydrogen (secondary N) is 1. The van der Waals surface area contributed by atoms with Crippen LogP contribution in [-0.4, -0.2) is 21.8 Å². The lowest BCUT2D eigenvalue weighted by molar-refractivity contribution is 0.0941. The lowest BCUT2D eigenvalue weighted by atomic mass is 10.1. The number of rotatable bonds is 4. The number of aryl methyl sites for hydroxylation is 1. The molecule has 0 bridgehead atoms. The molecule has 0 unspecified atom stereocenters. The lowest BCUT2D eigenvalue weighted by Crippen LogP contribution is -2.25. The molecule has 1 aromatic heterocycles. The summed E-state index contributed by atoms with van der Waals surface area (Å²) in [6, 6.07) is 7.96. The Morgan fingerprint density at radius 2 is 2.22 bits per heavy atom. The number of ether oxygens (including phenoxy) is 1. The van der Waals surface area contributed by atoms with Crippen LogP contribution in [-0.2, 0) is 20.0 Å². The molecule has 1 aliphatic rings. The molecule has 2 heterocycles. The number of hydrogen-bond donors (Lipinski definition) is 1. The van der Waals surface area contributed by atoms with Crippen LogP contribution in [0.4, 0.5) is 0 Å². The second-order valence-electron chi connectivity index (χ2n) is 6.49. The highest BCUT2D eigenvalue weighted by atomic mass is 16.5. The van der Waals surface area contributed by atoms with Gasteiger partial charge >= 0.3 is 0 Å². The van der Waals surface area contributed by atoms with E-state index in [1.54, 1.807) is 11.7 Å².